The number of amides is 1. The number of H-pyrrole nitrogens is 1. The van der Waals surface area contributed by atoms with Gasteiger partial charge in [0, 0.05) is 5.02 Å². The van der Waals surface area contributed by atoms with E-state index in [2.05, 4.69) is 15.2 Å². The highest BCUT2D eigenvalue weighted by molar-refractivity contribution is 7.99. The molecule has 0 saturated carbocycles. The van der Waals surface area contributed by atoms with Crippen molar-refractivity contribution >= 4 is 29.3 Å². The third-order valence-corrected chi connectivity index (χ3v) is 3.78. The molecular formula is C13H12ClF3N4O2S. The maximum Gasteiger partial charge on any atom is 0.405 e. The van der Waals surface area contributed by atoms with Crippen LogP contribution in [0.25, 0.3) is 11.4 Å². The minimum atomic E-state index is -4.44. The monoisotopic (exact) mass is 380 g/mol. The summed E-state index contributed by atoms with van der Waals surface area (Å²) in [6.07, 6.45) is -4.44. The Morgan fingerprint density at radius 1 is 1.46 bits per heavy atom. The molecule has 0 saturated heterocycles. The highest BCUT2D eigenvalue weighted by atomic mass is 35.5. The molecule has 24 heavy (non-hydrogen) atoms. The van der Waals surface area contributed by atoms with Crippen LogP contribution in [0.1, 0.15) is 0 Å². The first-order chi connectivity index (χ1) is 11.3. The molecule has 2 rings (SSSR count). The summed E-state index contributed by atoms with van der Waals surface area (Å²) in [4.78, 5) is 15.5. The van der Waals surface area contributed by atoms with Gasteiger partial charge in [0.05, 0.1) is 18.4 Å². The van der Waals surface area contributed by atoms with E-state index in [0.717, 1.165) is 11.8 Å². The van der Waals surface area contributed by atoms with Crippen LogP contribution in [-0.2, 0) is 4.79 Å². The van der Waals surface area contributed by atoms with Crippen molar-refractivity contribution in [2.75, 3.05) is 19.4 Å². The Hall–Kier alpha value is -1.94. The first kappa shape index (κ1) is 18.4. The van der Waals surface area contributed by atoms with Gasteiger partial charge in [0.1, 0.15) is 12.3 Å². The topological polar surface area (TPSA) is 79.9 Å². The molecule has 2 aromatic rings. The lowest BCUT2D eigenvalue weighted by atomic mass is 10.2. The zero-order chi connectivity index (χ0) is 17.7. The smallest absolute Gasteiger partial charge is 0.405 e. The summed E-state index contributed by atoms with van der Waals surface area (Å²) in [6, 6.07) is 4.95. The van der Waals surface area contributed by atoms with Crippen molar-refractivity contribution in [3.8, 4) is 17.1 Å². The van der Waals surface area contributed by atoms with Crippen molar-refractivity contribution in [3.63, 3.8) is 0 Å². The van der Waals surface area contributed by atoms with Gasteiger partial charge < -0.3 is 10.1 Å². The maximum atomic E-state index is 12.0. The summed E-state index contributed by atoms with van der Waals surface area (Å²) in [7, 11) is 1.49. The molecule has 0 bridgehead atoms. The third kappa shape index (κ3) is 5.31. The van der Waals surface area contributed by atoms with Crippen LogP contribution in [0.5, 0.6) is 5.75 Å². The highest BCUT2D eigenvalue weighted by Gasteiger charge is 2.27. The molecule has 1 amide bonds. The summed E-state index contributed by atoms with van der Waals surface area (Å²) in [5.41, 5.74) is 0.575. The summed E-state index contributed by atoms with van der Waals surface area (Å²) < 4.78 is 41.2. The minimum Gasteiger partial charge on any atom is -0.496 e. The van der Waals surface area contributed by atoms with Gasteiger partial charge in [0.15, 0.2) is 5.82 Å². The quantitative estimate of drug-likeness (QED) is 0.753. The number of carbonyl (C=O) groups excluding carboxylic acids is 1. The molecule has 1 heterocycles. The molecule has 1 aromatic carbocycles. The Balaban J connectivity index is 1.99. The van der Waals surface area contributed by atoms with E-state index in [4.69, 9.17) is 16.3 Å². The van der Waals surface area contributed by atoms with Crippen LogP contribution in [0.2, 0.25) is 5.02 Å². The first-order valence-electron chi connectivity index (χ1n) is 6.51. The second-order valence-corrected chi connectivity index (χ2v) is 5.87. The number of nitrogens with one attached hydrogen (secondary N) is 2. The van der Waals surface area contributed by atoms with Crippen LogP contribution in [0.3, 0.4) is 0 Å². The molecule has 0 spiro atoms. The number of halogens is 4. The molecule has 130 valence electrons. The minimum absolute atomic E-state index is 0.217. The van der Waals surface area contributed by atoms with Gasteiger partial charge >= 0.3 is 6.18 Å². The molecule has 0 fully saturated rings. The van der Waals surface area contributed by atoms with Gasteiger partial charge in [-0.25, -0.2) is 4.98 Å². The van der Waals surface area contributed by atoms with E-state index in [1.165, 1.54) is 7.11 Å². The lowest BCUT2D eigenvalue weighted by molar-refractivity contribution is -0.136. The fourth-order valence-electron chi connectivity index (χ4n) is 1.68. The lowest BCUT2D eigenvalue weighted by Crippen LogP contribution is -2.34. The molecule has 6 nitrogen and oxygen atoms in total. The zero-order valence-electron chi connectivity index (χ0n) is 12.3. The Labute approximate surface area is 144 Å². The van der Waals surface area contributed by atoms with Crippen LogP contribution in [0.4, 0.5) is 13.2 Å². The SMILES string of the molecule is COc1ccc(Cl)cc1-c1nc(SCC(=O)NCC(F)(F)F)n[nH]1. The Morgan fingerprint density at radius 3 is 2.88 bits per heavy atom. The number of aromatic nitrogens is 3. The van der Waals surface area contributed by atoms with Crippen molar-refractivity contribution < 1.29 is 22.7 Å². The van der Waals surface area contributed by atoms with Gasteiger partial charge in [-0.05, 0) is 18.2 Å². The van der Waals surface area contributed by atoms with Gasteiger partial charge in [-0.1, -0.05) is 23.4 Å². The largest absolute Gasteiger partial charge is 0.496 e. The number of rotatable bonds is 6. The van der Waals surface area contributed by atoms with Gasteiger partial charge in [0.2, 0.25) is 11.1 Å². The molecule has 1 aromatic heterocycles. The summed E-state index contributed by atoms with van der Waals surface area (Å²) in [5, 5.41) is 9.04. The first-order valence-corrected chi connectivity index (χ1v) is 7.87. The molecule has 0 aliphatic carbocycles. The van der Waals surface area contributed by atoms with E-state index in [0.29, 0.717) is 22.2 Å². The number of carbonyl (C=O) groups is 1. The average molecular weight is 381 g/mol. The number of alkyl halides is 3. The number of thioether (sulfide) groups is 1. The van der Waals surface area contributed by atoms with E-state index in [1.807, 2.05) is 0 Å². The summed E-state index contributed by atoms with van der Waals surface area (Å²) in [5.74, 6) is -0.105. The number of hydrogen-bond donors (Lipinski definition) is 2. The lowest BCUT2D eigenvalue weighted by Gasteiger charge is -2.07. The van der Waals surface area contributed by atoms with Crippen molar-refractivity contribution in [2.45, 2.75) is 11.3 Å². The van der Waals surface area contributed by atoms with Gasteiger partial charge in [-0.15, -0.1) is 5.10 Å². The average Bonchev–Trinajstić information content (AvgIpc) is 2.99. The van der Waals surface area contributed by atoms with E-state index in [1.54, 1.807) is 23.5 Å². The second-order valence-electron chi connectivity index (χ2n) is 4.49. The van der Waals surface area contributed by atoms with E-state index in [9.17, 15) is 18.0 Å². The Morgan fingerprint density at radius 2 is 2.21 bits per heavy atom. The van der Waals surface area contributed by atoms with Gasteiger partial charge in [0.25, 0.3) is 0 Å². The fraction of sp³-hybridized carbons (Fsp3) is 0.308. The number of methoxy groups -OCH3 is 1. The second kappa shape index (κ2) is 7.75. The third-order valence-electron chi connectivity index (χ3n) is 2.70. The maximum absolute atomic E-state index is 12.0. The highest BCUT2D eigenvalue weighted by Crippen LogP contribution is 2.31. The fourth-order valence-corrected chi connectivity index (χ4v) is 2.48. The van der Waals surface area contributed by atoms with Crippen LogP contribution >= 0.6 is 23.4 Å². The van der Waals surface area contributed by atoms with E-state index < -0.39 is 18.6 Å². The van der Waals surface area contributed by atoms with Crippen LogP contribution in [0, 0.1) is 0 Å². The predicted molar refractivity (Wildman–Crippen MR) is 83.2 cm³/mol. The van der Waals surface area contributed by atoms with Crippen LogP contribution in [0.15, 0.2) is 23.4 Å². The summed E-state index contributed by atoms with van der Waals surface area (Å²) in [6.45, 7) is -1.37. The van der Waals surface area contributed by atoms with E-state index in [-0.39, 0.29) is 10.9 Å². The molecule has 11 heteroatoms. The number of benzene rings is 1. The standard InChI is InChI=1S/C13H12ClF3N4O2S/c1-23-9-3-2-7(14)4-8(9)11-19-12(21-20-11)24-5-10(22)18-6-13(15,16)17/h2-4H,5-6H2,1H3,(H,18,22)(H,19,20,21). The van der Waals surface area contributed by atoms with Gasteiger partial charge in [-0.3, -0.25) is 9.89 Å². The molecule has 0 unspecified atom stereocenters. The number of ether oxygens (including phenoxy) is 1. The molecule has 2 N–H and O–H groups in total. The molecule has 0 atom stereocenters. The number of hydrogen-bond acceptors (Lipinski definition) is 5. The molecular weight excluding hydrogens is 369 g/mol. The Bertz CT molecular complexity index is 723. The summed E-state index contributed by atoms with van der Waals surface area (Å²) >= 11 is 6.84. The Kier molecular flexibility index (Phi) is 5.94. The predicted octanol–water partition coefficient (Wildman–Crippen LogP) is 2.90. The van der Waals surface area contributed by atoms with Gasteiger partial charge in [-0.2, -0.15) is 13.2 Å². The van der Waals surface area contributed by atoms with Crippen molar-refractivity contribution in [1.29, 1.82) is 0 Å². The zero-order valence-corrected chi connectivity index (χ0v) is 13.8. The van der Waals surface area contributed by atoms with E-state index >= 15 is 0 Å². The van der Waals surface area contributed by atoms with Crippen molar-refractivity contribution in [3.05, 3.63) is 23.2 Å². The molecule has 0 aliphatic rings. The van der Waals surface area contributed by atoms with Crippen molar-refractivity contribution in [1.82, 2.24) is 20.5 Å². The van der Waals surface area contributed by atoms with Crippen LogP contribution < -0.4 is 10.1 Å². The normalized spacial score (nSPS) is 11.4. The molecule has 0 radical (unpaired) electrons. The number of aromatic amines is 1. The van der Waals surface area contributed by atoms with Crippen LogP contribution in [-0.4, -0.2) is 46.7 Å². The number of nitrogens with zero attached hydrogens (tertiary/aromatic N) is 2. The van der Waals surface area contributed by atoms with Crippen molar-refractivity contribution in [2.24, 2.45) is 0 Å². The molecule has 0 aliphatic heterocycles.